The lowest BCUT2D eigenvalue weighted by molar-refractivity contribution is -0.127. The molecular formula is C8H11N5O3. The number of imide groups is 1. The zero-order valence-electron chi connectivity index (χ0n) is 9.09. The van der Waals surface area contributed by atoms with Crippen LogP contribution in [-0.2, 0) is 14.4 Å². The second-order valence-corrected chi connectivity index (χ2v) is 3.00. The molecule has 1 heterocycles. The van der Waals surface area contributed by atoms with Crippen LogP contribution in [0.4, 0.5) is 5.95 Å². The fraction of sp³-hybridized carbons (Fsp3) is 0.375. The van der Waals surface area contributed by atoms with Gasteiger partial charge in [0.05, 0.1) is 0 Å². The Labute approximate surface area is 91.2 Å². The Morgan fingerprint density at radius 1 is 1.25 bits per heavy atom. The Kier molecular flexibility index (Phi) is 3.33. The molecule has 0 unspecified atom stereocenters. The summed E-state index contributed by atoms with van der Waals surface area (Å²) in [5, 5.41) is 6.80. The van der Waals surface area contributed by atoms with E-state index in [-0.39, 0.29) is 11.9 Å². The second kappa shape index (κ2) is 4.51. The Balaban J connectivity index is 3.10. The number of anilines is 1. The van der Waals surface area contributed by atoms with E-state index in [0.29, 0.717) is 0 Å². The summed E-state index contributed by atoms with van der Waals surface area (Å²) in [6, 6.07) is 0. The van der Waals surface area contributed by atoms with Gasteiger partial charge in [0, 0.05) is 20.8 Å². The van der Waals surface area contributed by atoms with E-state index in [4.69, 9.17) is 0 Å². The maximum Gasteiger partial charge on any atom is 0.249 e. The highest BCUT2D eigenvalue weighted by Gasteiger charge is 2.20. The first-order chi connectivity index (χ1) is 7.43. The van der Waals surface area contributed by atoms with Crippen LogP contribution in [0, 0.1) is 0 Å². The van der Waals surface area contributed by atoms with E-state index in [0.717, 1.165) is 16.1 Å². The van der Waals surface area contributed by atoms with Gasteiger partial charge in [0.15, 0.2) is 0 Å². The van der Waals surface area contributed by atoms with Gasteiger partial charge in [0.25, 0.3) is 0 Å². The molecule has 1 aromatic heterocycles. The Morgan fingerprint density at radius 3 is 2.25 bits per heavy atom. The number of carbonyl (C=O) groups excluding carboxylic acids is 3. The minimum Gasteiger partial charge on any atom is -0.293 e. The summed E-state index contributed by atoms with van der Waals surface area (Å²) < 4.78 is 0. The van der Waals surface area contributed by atoms with Crippen molar-refractivity contribution < 1.29 is 14.4 Å². The molecule has 1 aromatic rings. The minimum absolute atomic E-state index is 0.0119. The molecule has 0 saturated carbocycles. The molecule has 3 amide bonds. The summed E-state index contributed by atoms with van der Waals surface area (Å²) in [5.74, 6) is -1.41. The zero-order chi connectivity index (χ0) is 12.3. The number of nitrogens with one attached hydrogen (secondary N) is 1. The summed E-state index contributed by atoms with van der Waals surface area (Å²) in [4.78, 5) is 37.9. The van der Waals surface area contributed by atoms with Crippen molar-refractivity contribution in [3.63, 3.8) is 0 Å². The first kappa shape index (κ1) is 11.8. The van der Waals surface area contributed by atoms with Crippen LogP contribution < -0.4 is 10.3 Å². The predicted octanol–water partition coefficient (Wildman–Crippen LogP) is -0.733. The molecule has 0 atom stereocenters. The van der Waals surface area contributed by atoms with Gasteiger partial charge in [-0.25, -0.2) is 0 Å². The summed E-state index contributed by atoms with van der Waals surface area (Å²) in [6.45, 7) is 3.70. The fourth-order valence-corrected chi connectivity index (χ4v) is 1.11. The van der Waals surface area contributed by atoms with Gasteiger partial charge in [0.2, 0.25) is 23.7 Å². The summed E-state index contributed by atoms with van der Waals surface area (Å²) in [6.07, 6.45) is 1.13. The van der Waals surface area contributed by atoms with Crippen molar-refractivity contribution in [1.29, 1.82) is 0 Å². The average Bonchev–Trinajstić information content (AvgIpc) is 2.50. The Hall–Kier alpha value is -2.25. The third-order valence-corrected chi connectivity index (χ3v) is 1.60. The van der Waals surface area contributed by atoms with Crippen LogP contribution in [0.2, 0.25) is 0 Å². The molecule has 0 aliphatic carbocycles. The smallest absolute Gasteiger partial charge is 0.249 e. The molecule has 8 heteroatoms. The summed E-state index contributed by atoms with van der Waals surface area (Å²) in [5.41, 5.74) is 0. The third-order valence-electron chi connectivity index (χ3n) is 1.60. The average molecular weight is 225 g/mol. The lowest BCUT2D eigenvalue weighted by Crippen LogP contribution is -2.44. The molecule has 16 heavy (non-hydrogen) atoms. The van der Waals surface area contributed by atoms with Crippen molar-refractivity contribution in [2.45, 2.75) is 20.8 Å². The first-order valence-corrected chi connectivity index (χ1v) is 4.42. The van der Waals surface area contributed by atoms with E-state index in [1.165, 1.54) is 20.8 Å². The van der Waals surface area contributed by atoms with Crippen LogP contribution in [0.1, 0.15) is 20.8 Å². The van der Waals surface area contributed by atoms with Crippen LogP contribution >= 0.6 is 0 Å². The highest BCUT2D eigenvalue weighted by molar-refractivity contribution is 6.06. The molecule has 86 valence electrons. The van der Waals surface area contributed by atoms with Crippen LogP contribution in [0.15, 0.2) is 6.33 Å². The van der Waals surface area contributed by atoms with Gasteiger partial charge in [0.1, 0.15) is 6.33 Å². The van der Waals surface area contributed by atoms with Crippen LogP contribution in [-0.4, -0.2) is 32.6 Å². The van der Waals surface area contributed by atoms with Crippen LogP contribution in [0.3, 0.4) is 0 Å². The lowest BCUT2D eigenvalue weighted by atomic mass is 10.6. The number of hydrogen-bond donors (Lipinski definition) is 1. The molecule has 0 fully saturated rings. The van der Waals surface area contributed by atoms with E-state index < -0.39 is 11.8 Å². The number of hydrogen-bond acceptors (Lipinski definition) is 5. The fourth-order valence-electron chi connectivity index (χ4n) is 1.11. The van der Waals surface area contributed by atoms with E-state index in [9.17, 15) is 14.4 Å². The predicted molar refractivity (Wildman–Crippen MR) is 53.9 cm³/mol. The van der Waals surface area contributed by atoms with E-state index in [1.54, 1.807) is 0 Å². The van der Waals surface area contributed by atoms with Crippen LogP contribution in [0.25, 0.3) is 0 Å². The van der Waals surface area contributed by atoms with Gasteiger partial charge in [-0.15, -0.1) is 9.89 Å². The molecule has 0 saturated heterocycles. The maximum absolute atomic E-state index is 11.2. The third kappa shape index (κ3) is 2.41. The monoisotopic (exact) mass is 225 g/mol. The number of carbonyl (C=O) groups is 3. The van der Waals surface area contributed by atoms with Crippen molar-refractivity contribution in [1.82, 2.24) is 14.9 Å². The molecule has 0 aliphatic heterocycles. The topological polar surface area (TPSA) is 97.2 Å². The van der Waals surface area contributed by atoms with Crippen molar-refractivity contribution in [3.8, 4) is 0 Å². The molecule has 0 spiro atoms. The molecule has 8 nitrogen and oxygen atoms in total. The van der Waals surface area contributed by atoms with Gasteiger partial charge < -0.3 is 0 Å². The van der Waals surface area contributed by atoms with Crippen molar-refractivity contribution >= 4 is 23.7 Å². The molecule has 0 radical (unpaired) electrons. The molecule has 0 bridgehead atoms. The number of amides is 3. The zero-order valence-corrected chi connectivity index (χ0v) is 9.09. The summed E-state index contributed by atoms with van der Waals surface area (Å²) in [7, 11) is 0. The van der Waals surface area contributed by atoms with Gasteiger partial charge >= 0.3 is 0 Å². The number of nitrogens with zero attached hydrogens (tertiary/aromatic N) is 4. The Bertz CT molecular complexity index is 425. The van der Waals surface area contributed by atoms with Crippen molar-refractivity contribution in [2.24, 2.45) is 0 Å². The normalized spacial score (nSPS) is 9.69. The minimum atomic E-state index is -0.524. The summed E-state index contributed by atoms with van der Waals surface area (Å²) >= 11 is 0. The lowest BCUT2D eigenvalue weighted by Gasteiger charge is -2.17. The molecular weight excluding hydrogens is 214 g/mol. The van der Waals surface area contributed by atoms with Crippen LogP contribution in [0.5, 0.6) is 0 Å². The molecule has 0 aliphatic rings. The standard InChI is InChI=1S/C8H11N5O3/c1-5(14)11-8-9-4-10-13(8)12(6(2)15)7(3)16/h4H,1-3H3,(H,9,10,11,14). The molecule has 1 rings (SSSR count). The first-order valence-electron chi connectivity index (χ1n) is 4.42. The largest absolute Gasteiger partial charge is 0.293 e. The highest BCUT2D eigenvalue weighted by Crippen LogP contribution is 2.03. The van der Waals surface area contributed by atoms with E-state index >= 15 is 0 Å². The van der Waals surface area contributed by atoms with Gasteiger partial charge in [-0.05, 0) is 0 Å². The highest BCUT2D eigenvalue weighted by atomic mass is 16.2. The van der Waals surface area contributed by atoms with E-state index in [2.05, 4.69) is 15.4 Å². The van der Waals surface area contributed by atoms with E-state index in [1.807, 2.05) is 0 Å². The molecule has 1 N–H and O–H groups in total. The SMILES string of the molecule is CC(=O)Nc1ncnn1N(C(C)=O)C(C)=O. The maximum atomic E-state index is 11.2. The second-order valence-electron chi connectivity index (χ2n) is 3.00. The molecule has 0 aromatic carbocycles. The van der Waals surface area contributed by atoms with Gasteiger partial charge in [-0.2, -0.15) is 9.99 Å². The number of aromatic nitrogens is 3. The van der Waals surface area contributed by atoms with Gasteiger partial charge in [-0.1, -0.05) is 0 Å². The van der Waals surface area contributed by atoms with Crippen molar-refractivity contribution in [2.75, 3.05) is 10.3 Å². The Morgan fingerprint density at radius 2 is 1.81 bits per heavy atom. The quantitative estimate of drug-likeness (QED) is 0.715. The van der Waals surface area contributed by atoms with Gasteiger partial charge in [-0.3, -0.25) is 19.7 Å². The van der Waals surface area contributed by atoms with Crippen molar-refractivity contribution in [3.05, 3.63) is 6.33 Å². The number of rotatable bonds is 2.